The minimum atomic E-state index is -0.186. The molecule has 6 atom stereocenters. The summed E-state index contributed by atoms with van der Waals surface area (Å²) in [6.45, 7) is 6.31. The number of carbonyl (C=O) groups excluding carboxylic acids is 2. The molecule has 1 aromatic heterocycles. The van der Waals surface area contributed by atoms with Crippen LogP contribution in [0.4, 0.5) is 0 Å². The number of rotatable bonds is 4. The Morgan fingerprint density at radius 2 is 1.94 bits per heavy atom. The lowest BCUT2D eigenvalue weighted by atomic mass is 9.47. The maximum atomic E-state index is 11.9. The Morgan fingerprint density at radius 1 is 1.19 bits per heavy atom. The fraction of sp³-hybridized carbons (Fsp3) is 0.600. The summed E-state index contributed by atoms with van der Waals surface area (Å²) >= 11 is 0. The van der Waals surface area contributed by atoms with E-state index in [2.05, 4.69) is 26.0 Å². The first-order valence-corrected chi connectivity index (χ1v) is 13.3. The molecule has 6 heteroatoms. The molecule has 6 nitrogen and oxygen atoms in total. The number of carbonyl (C=O) groups is 2. The van der Waals surface area contributed by atoms with Crippen molar-refractivity contribution in [2.24, 2.45) is 23.2 Å². The van der Waals surface area contributed by atoms with E-state index in [9.17, 15) is 14.9 Å². The largest absolute Gasteiger partial charge is 0.462 e. The SMILES string of the molecule is CC(=O)O[C@H]1CC[C@@]2(C)C(=CC[C@@H]3[C@@H]2CC[C@]2(C)c4cnc(/C(C=O)=C/N(C)C)c(C#N)c4C[C@@H]32)C1. The van der Waals surface area contributed by atoms with Crippen molar-refractivity contribution in [2.75, 3.05) is 14.1 Å². The second-order valence-corrected chi connectivity index (χ2v) is 12.0. The van der Waals surface area contributed by atoms with Crippen LogP contribution in [0.3, 0.4) is 0 Å². The van der Waals surface area contributed by atoms with Gasteiger partial charge in [-0.05, 0) is 78.2 Å². The highest BCUT2D eigenvalue weighted by atomic mass is 16.5. The number of hydrogen-bond acceptors (Lipinski definition) is 6. The molecule has 4 aliphatic rings. The zero-order valence-corrected chi connectivity index (χ0v) is 22.1. The average Bonchev–Trinajstić information content (AvgIpc) is 3.14. The molecule has 1 aromatic rings. The van der Waals surface area contributed by atoms with Crippen molar-refractivity contribution < 1.29 is 14.3 Å². The topological polar surface area (TPSA) is 83.3 Å². The van der Waals surface area contributed by atoms with E-state index in [4.69, 9.17) is 9.72 Å². The van der Waals surface area contributed by atoms with Gasteiger partial charge in [0.15, 0.2) is 6.29 Å². The maximum Gasteiger partial charge on any atom is 0.302 e. The summed E-state index contributed by atoms with van der Waals surface area (Å²) in [6.07, 6.45) is 14.0. The number of allylic oxidation sites excluding steroid dienone is 2. The van der Waals surface area contributed by atoms with Crippen LogP contribution in [0.2, 0.25) is 0 Å². The van der Waals surface area contributed by atoms with Crippen LogP contribution in [0.5, 0.6) is 0 Å². The number of aldehydes is 1. The van der Waals surface area contributed by atoms with Crippen molar-refractivity contribution in [3.63, 3.8) is 0 Å². The van der Waals surface area contributed by atoms with Gasteiger partial charge in [0, 0.05) is 39.8 Å². The predicted molar refractivity (Wildman–Crippen MR) is 138 cm³/mol. The molecule has 5 rings (SSSR count). The van der Waals surface area contributed by atoms with Gasteiger partial charge in [-0.2, -0.15) is 5.26 Å². The van der Waals surface area contributed by atoms with E-state index >= 15 is 0 Å². The van der Waals surface area contributed by atoms with Gasteiger partial charge in [0.05, 0.1) is 16.8 Å². The zero-order chi connectivity index (χ0) is 25.8. The molecule has 0 unspecified atom stereocenters. The molecule has 190 valence electrons. The lowest BCUT2D eigenvalue weighted by Crippen LogP contribution is -2.51. The number of aromatic nitrogens is 1. The third-order valence-corrected chi connectivity index (χ3v) is 9.92. The third-order valence-electron chi connectivity index (χ3n) is 9.92. The van der Waals surface area contributed by atoms with Crippen molar-refractivity contribution in [1.29, 1.82) is 5.26 Å². The summed E-state index contributed by atoms with van der Waals surface area (Å²) in [7, 11) is 3.73. The summed E-state index contributed by atoms with van der Waals surface area (Å²) in [6, 6.07) is 2.42. The van der Waals surface area contributed by atoms with E-state index in [-0.39, 0.29) is 22.9 Å². The number of fused-ring (bicyclic) bond motifs is 7. The van der Waals surface area contributed by atoms with E-state index in [1.165, 1.54) is 18.1 Å². The number of pyridine rings is 1. The Kier molecular flexibility index (Phi) is 6.09. The van der Waals surface area contributed by atoms with E-state index in [0.29, 0.717) is 34.6 Å². The Labute approximate surface area is 214 Å². The lowest BCUT2D eigenvalue weighted by Gasteiger charge is -2.57. The molecule has 0 aromatic carbocycles. The highest BCUT2D eigenvalue weighted by molar-refractivity contribution is 6.07. The van der Waals surface area contributed by atoms with Crippen molar-refractivity contribution in [1.82, 2.24) is 9.88 Å². The smallest absolute Gasteiger partial charge is 0.302 e. The molecule has 1 heterocycles. The van der Waals surface area contributed by atoms with Crippen molar-refractivity contribution in [2.45, 2.75) is 77.2 Å². The number of ether oxygens (including phenoxy) is 1. The molecular weight excluding hydrogens is 450 g/mol. The fourth-order valence-electron chi connectivity index (χ4n) is 8.23. The van der Waals surface area contributed by atoms with Gasteiger partial charge in [0.25, 0.3) is 0 Å². The van der Waals surface area contributed by atoms with Gasteiger partial charge in [-0.15, -0.1) is 0 Å². The predicted octanol–water partition coefficient (Wildman–Crippen LogP) is 4.96. The normalized spacial score (nSPS) is 34.8. The molecule has 36 heavy (non-hydrogen) atoms. The van der Waals surface area contributed by atoms with E-state index in [1.54, 1.807) is 6.20 Å². The summed E-state index contributed by atoms with van der Waals surface area (Å²) in [5.74, 6) is 1.41. The van der Waals surface area contributed by atoms with Crippen LogP contribution in [-0.2, 0) is 26.2 Å². The molecule has 0 amide bonds. The molecule has 2 saturated carbocycles. The molecular formula is C30H37N3O3. The Balaban J connectivity index is 1.50. The summed E-state index contributed by atoms with van der Waals surface area (Å²) in [4.78, 5) is 29.9. The maximum absolute atomic E-state index is 11.9. The first kappa shape index (κ1) is 24.7. The van der Waals surface area contributed by atoms with Crippen LogP contribution in [0.25, 0.3) is 5.57 Å². The molecule has 0 saturated heterocycles. The molecule has 0 radical (unpaired) electrons. The van der Waals surface area contributed by atoms with Crippen molar-refractivity contribution in [3.8, 4) is 6.07 Å². The first-order chi connectivity index (χ1) is 17.1. The van der Waals surface area contributed by atoms with Crippen LogP contribution in [0.15, 0.2) is 24.0 Å². The number of nitrogens with zero attached hydrogens (tertiary/aromatic N) is 3. The monoisotopic (exact) mass is 487 g/mol. The van der Waals surface area contributed by atoms with Crippen LogP contribution < -0.4 is 0 Å². The second-order valence-electron chi connectivity index (χ2n) is 12.0. The third kappa shape index (κ3) is 3.70. The van der Waals surface area contributed by atoms with Gasteiger partial charge >= 0.3 is 5.97 Å². The molecule has 4 aliphatic carbocycles. The summed E-state index contributed by atoms with van der Waals surface area (Å²) in [5, 5.41) is 10.2. The summed E-state index contributed by atoms with van der Waals surface area (Å²) < 4.78 is 5.59. The summed E-state index contributed by atoms with van der Waals surface area (Å²) in [5.41, 5.74) is 5.44. The average molecular weight is 488 g/mol. The van der Waals surface area contributed by atoms with Crippen molar-refractivity contribution in [3.05, 3.63) is 46.4 Å². The number of esters is 1. The number of nitriles is 1. The highest BCUT2D eigenvalue weighted by Crippen LogP contribution is 2.64. The van der Waals surface area contributed by atoms with Gasteiger partial charge in [0.1, 0.15) is 12.2 Å². The zero-order valence-electron chi connectivity index (χ0n) is 22.1. The van der Waals surface area contributed by atoms with Gasteiger partial charge in [0.2, 0.25) is 0 Å². The highest BCUT2D eigenvalue weighted by Gasteiger charge is 2.58. The Morgan fingerprint density at radius 3 is 2.61 bits per heavy atom. The standard InChI is InChI=1S/C30H37N3O3/c1-18(35)36-21-8-10-29(2)20(12-21)6-7-22-25(29)9-11-30(3)26(22)13-23-24(14-31)28(32-15-27(23)30)19(17-34)16-33(4)5/h6,15-17,21-22,25-26H,7-13H2,1-5H3/b19-16+/t21-,22+,25-,26-,29-,30-/m0/s1. The number of hydrogen-bond donors (Lipinski definition) is 0. The minimum absolute atomic E-state index is 0.00309. The van der Waals surface area contributed by atoms with Gasteiger partial charge in [-0.1, -0.05) is 25.5 Å². The van der Waals surface area contributed by atoms with Crippen LogP contribution >= 0.6 is 0 Å². The minimum Gasteiger partial charge on any atom is -0.462 e. The second kappa shape index (κ2) is 8.87. The first-order valence-electron chi connectivity index (χ1n) is 13.3. The van der Waals surface area contributed by atoms with E-state index < -0.39 is 0 Å². The van der Waals surface area contributed by atoms with E-state index in [1.807, 2.05) is 25.2 Å². The van der Waals surface area contributed by atoms with Crippen LogP contribution in [-0.4, -0.2) is 42.3 Å². The molecule has 0 aliphatic heterocycles. The van der Waals surface area contributed by atoms with Gasteiger partial charge in [-0.3, -0.25) is 14.6 Å². The Hall–Kier alpha value is -2.94. The van der Waals surface area contributed by atoms with Crippen LogP contribution in [0.1, 0.15) is 81.7 Å². The van der Waals surface area contributed by atoms with Crippen molar-refractivity contribution >= 4 is 17.8 Å². The quantitative estimate of drug-likeness (QED) is 0.258. The lowest BCUT2D eigenvalue weighted by molar-refractivity contribution is -0.148. The van der Waals surface area contributed by atoms with Crippen LogP contribution in [0, 0.1) is 34.5 Å². The molecule has 0 bridgehead atoms. The van der Waals surface area contributed by atoms with Gasteiger partial charge < -0.3 is 9.64 Å². The Bertz CT molecular complexity index is 1210. The van der Waals surface area contributed by atoms with E-state index in [0.717, 1.165) is 56.8 Å². The fourth-order valence-corrected chi connectivity index (χ4v) is 8.23. The molecule has 0 N–H and O–H groups in total. The molecule has 2 fully saturated rings. The molecule has 0 spiro atoms. The van der Waals surface area contributed by atoms with Gasteiger partial charge in [-0.25, -0.2) is 0 Å².